The summed E-state index contributed by atoms with van der Waals surface area (Å²) in [5.74, 6) is -2.37. The number of carbonyl (C=O) groups excluding carboxylic acids is 2. The van der Waals surface area contributed by atoms with Crippen LogP contribution >= 0.6 is 0 Å². The van der Waals surface area contributed by atoms with Crippen LogP contribution in [0.2, 0.25) is 0 Å². The largest absolute Gasteiger partial charge is 0.462 e. The summed E-state index contributed by atoms with van der Waals surface area (Å²) in [6.45, 7) is 12.1. The van der Waals surface area contributed by atoms with Crippen molar-refractivity contribution in [1.29, 1.82) is 0 Å². The molecule has 1 spiro atoms. The molecule has 3 fully saturated rings. The molecule has 3 saturated heterocycles. The van der Waals surface area contributed by atoms with Crippen LogP contribution in [0.4, 0.5) is 0 Å². The van der Waals surface area contributed by atoms with Crippen LogP contribution in [0.1, 0.15) is 80.1 Å². The maximum absolute atomic E-state index is 13.9. The molecule has 4 aliphatic heterocycles. The zero-order chi connectivity index (χ0) is 30.4. The maximum Gasteiger partial charge on any atom is 0.316 e. The molecule has 8 heteroatoms. The summed E-state index contributed by atoms with van der Waals surface area (Å²) in [5, 5.41) is 23.1. The van der Waals surface area contributed by atoms with Gasteiger partial charge in [-0.2, -0.15) is 0 Å². The Morgan fingerprint density at radius 2 is 1.90 bits per heavy atom. The fraction of sp³-hybridized carbons (Fsp3) is 0.706. The number of Topliss-reactive ketones (excluding diaryl/α,β-unsaturated/α-hetero) is 1. The molecule has 0 radical (unpaired) electrons. The number of hydrogen-bond acceptors (Lipinski definition) is 8. The Morgan fingerprint density at radius 3 is 2.64 bits per heavy atom. The minimum Gasteiger partial charge on any atom is -0.462 e. The molecule has 8 nitrogen and oxygen atoms in total. The Morgan fingerprint density at radius 1 is 1.14 bits per heavy atom. The molecule has 2 bridgehead atoms. The average molecular weight is 585 g/mol. The van der Waals surface area contributed by atoms with E-state index in [1.807, 2.05) is 26.0 Å². The fourth-order valence-electron chi connectivity index (χ4n) is 7.40. The Bertz CT molecular complexity index is 1180. The molecule has 11 atom stereocenters. The summed E-state index contributed by atoms with van der Waals surface area (Å²) in [6, 6.07) is 0. The molecule has 5 rings (SSSR count). The molecule has 0 aromatic rings. The van der Waals surface area contributed by atoms with Crippen molar-refractivity contribution in [2.24, 2.45) is 23.7 Å². The van der Waals surface area contributed by atoms with Gasteiger partial charge in [0.25, 0.3) is 0 Å². The van der Waals surface area contributed by atoms with Gasteiger partial charge < -0.3 is 29.2 Å². The smallest absolute Gasteiger partial charge is 0.316 e. The number of aliphatic hydroxyl groups excluding tert-OH is 1. The molecular formula is C34H48O8. The molecule has 4 heterocycles. The third-order valence-corrected chi connectivity index (χ3v) is 10.3. The lowest BCUT2D eigenvalue weighted by molar-refractivity contribution is -0.340. The molecular weight excluding hydrogens is 536 g/mol. The number of hydrogen-bond donors (Lipinski definition) is 2. The van der Waals surface area contributed by atoms with E-state index >= 15 is 0 Å². The summed E-state index contributed by atoms with van der Waals surface area (Å²) < 4.78 is 25.5. The minimum atomic E-state index is -1.85. The summed E-state index contributed by atoms with van der Waals surface area (Å²) in [5.41, 5.74) is -0.211. The third-order valence-electron chi connectivity index (χ3n) is 10.3. The molecule has 0 aromatic heterocycles. The highest BCUT2D eigenvalue weighted by Gasteiger charge is 2.60. The van der Waals surface area contributed by atoms with Crippen LogP contribution in [-0.2, 0) is 28.5 Å². The van der Waals surface area contributed by atoms with E-state index in [2.05, 4.69) is 20.8 Å². The van der Waals surface area contributed by atoms with Gasteiger partial charge in [-0.05, 0) is 55.2 Å². The number of aliphatic hydroxyl groups is 2. The quantitative estimate of drug-likeness (QED) is 0.354. The molecule has 42 heavy (non-hydrogen) atoms. The summed E-state index contributed by atoms with van der Waals surface area (Å²) >= 11 is 0. The van der Waals surface area contributed by atoms with Crippen LogP contribution in [0.15, 0.2) is 47.1 Å². The molecule has 0 saturated carbocycles. The van der Waals surface area contributed by atoms with Gasteiger partial charge >= 0.3 is 5.97 Å². The number of ketones is 1. The average Bonchev–Trinajstić information content (AvgIpc) is 3.30. The Kier molecular flexibility index (Phi) is 9.04. The van der Waals surface area contributed by atoms with E-state index in [-0.39, 0.29) is 30.5 Å². The zero-order valence-electron chi connectivity index (χ0n) is 25.9. The lowest BCUT2D eigenvalue weighted by atomic mass is 9.71. The molecule has 232 valence electrons. The lowest BCUT2D eigenvalue weighted by Crippen LogP contribution is -2.57. The second-order valence-electron chi connectivity index (χ2n) is 13.4. The van der Waals surface area contributed by atoms with Crippen molar-refractivity contribution in [1.82, 2.24) is 0 Å². The van der Waals surface area contributed by atoms with Gasteiger partial charge in [0.2, 0.25) is 0 Å². The number of rotatable bonds is 2. The van der Waals surface area contributed by atoms with Crippen LogP contribution in [0, 0.1) is 23.7 Å². The standard InChI is InChI=1S/C34H48O8/c1-7-19(2)30-22(5)13-14-33(42-30)17-26-16-25(41-33)12-11-21(4)28(35)20(3)9-8-10-24-18-39-31-29(36)23(6)15-27(32(37)40-26)34(24,31)38/h8-11,15,19-20,22,25-28,30-31,35,38H,7,12-14,16-18H2,1-6H3/b9-8-,21-11-,24-10?/t19-,20-,22-,25+,26-,27-,28-,30+,31+,33+,34+/m0/s1. The van der Waals surface area contributed by atoms with E-state index in [0.29, 0.717) is 48.7 Å². The number of ether oxygens (including phenoxy) is 4. The first kappa shape index (κ1) is 31.3. The van der Waals surface area contributed by atoms with Crippen molar-refractivity contribution in [3.05, 3.63) is 47.1 Å². The molecule has 1 aliphatic carbocycles. The third kappa shape index (κ3) is 5.73. The van der Waals surface area contributed by atoms with E-state index < -0.39 is 41.6 Å². The van der Waals surface area contributed by atoms with Crippen molar-refractivity contribution >= 4 is 11.8 Å². The maximum atomic E-state index is 13.9. The first-order chi connectivity index (χ1) is 19.9. The van der Waals surface area contributed by atoms with Crippen molar-refractivity contribution in [3.8, 4) is 0 Å². The fourth-order valence-corrected chi connectivity index (χ4v) is 7.40. The molecule has 0 unspecified atom stereocenters. The monoisotopic (exact) mass is 584 g/mol. The first-order valence-electron chi connectivity index (χ1n) is 15.7. The Labute approximate surface area is 249 Å². The van der Waals surface area contributed by atoms with Crippen molar-refractivity contribution < 1.29 is 38.7 Å². The highest BCUT2D eigenvalue weighted by atomic mass is 16.7. The van der Waals surface area contributed by atoms with Crippen molar-refractivity contribution in [2.45, 2.75) is 122 Å². The van der Waals surface area contributed by atoms with Gasteiger partial charge in [-0.25, -0.2) is 0 Å². The predicted molar refractivity (Wildman–Crippen MR) is 157 cm³/mol. The van der Waals surface area contributed by atoms with E-state index in [1.54, 1.807) is 19.1 Å². The molecule has 5 aliphatic rings. The highest BCUT2D eigenvalue weighted by molar-refractivity contribution is 6.03. The van der Waals surface area contributed by atoms with E-state index in [9.17, 15) is 19.8 Å². The normalized spacial score (nSPS) is 45.7. The summed E-state index contributed by atoms with van der Waals surface area (Å²) in [7, 11) is 0. The zero-order valence-corrected chi connectivity index (χ0v) is 25.9. The first-order valence-corrected chi connectivity index (χ1v) is 15.7. The van der Waals surface area contributed by atoms with Gasteiger partial charge in [0, 0.05) is 25.2 Å². The van der Waals surface area contributed by atoms with Gasteiger partial charge in [-0.1, -0.05) is 64.5 Å². The SMILES string of the molecule is CC[C@H](C)[C@H]1O[C@]2(CC[C@@H]1C)C[C@@H]1C[C@@H](C/C=C(/C)[C@@H](O)[C@@H](C)/C=C\C=C3CO[C@@H]4C(=O)C(C)=C[C@@H](C(=O)O1)[C@]34O)O2. The van der Waals surface area contributed by atoms with Gasteiger partial charge in [-0.15, -0.1) is 0 Å². The van der Waals surface area contributed by atoms with E-state index in [1.165, 1.54) is 6.08 Å². The number of esters is 1. The van der Waals surface area contributed by atoms with Gasteiger partial charge in [0.1, 0.15) is 17.6 Å². The second kappa shape index (κ2) is 12.1. The predicted octanol–water partition coefficient (Wildman–Crippen LogP) is 4.74. The Hall–Kier alpha value is -2.10. The summed E-state index contributed by atoms with van der Waals surface area (Å²) in [4.78, 5) is 27.0. The van der Waals surface area contributed by atoms with Crippen molar-refractivity contribution in [2.75, 3.05) is 6.61 Å². The topological polar surface area (TPSA) is 112 Å². The number of fused-ring (bicyclic) bond motifs is 2. The molecule has 0 aromatic carbocycles. The minimum absolute atomic E-state index is 0.0174. The van der Waals surface area contributed by atoms with Gasteiger partial charge in [0.05, 0.1) is 24.9 Å². The van der Waals surface area contributed by atoms with Gasteiger partial charge in [0.15, 0.2) is 17.7 Å². The lowest BCUT2D eigenvalue weighted by Gasteiger charge is -2.51. The van der Waals surface area contributed by atoms with Crippen LogP contribution in [0.3, 0.4) is 0 Å². The van der Waals surface area contributed by atoms with Crippen molar-refractivity contribution in [3.63, 3.8) is 0 Å². The van der Waals surface area contributed by atoms with E-state index in [4.69, 9.17) is 18.9 Å². The van der Waals surface area contributed by atoms with Crippen LogP contribution in [0.25, 0.3) is 0 Å². The van der Waals surface area contributed by atoms with E-state index in [0.717, 1.165) is 18.4 Å². The van der Waals surface area contributed by atoms with Crippen LogP contribution < -0.4 is 0 Å². The second-order valence-corrected chi connectivity index (χ2v) is 13.4. The number of carbonyl (C=O) groups is 2. The molecule has 0 amide bonds. The van der Waals surface area contributed by atoms with Crippen LogP contribution in [0.5, 0.6) is 0 Å². The molecule has 2 N–H and O–H groups in total. The van der Waals surface area contributed by atoms with Crippen LogP contribution in [-0.4, -0.2) is 70.5 Å². The summed E-state index contributed by atoms with van der Waals surface area (Å²) in [6.07, 6.45) is 10.2. The highest BCUT2D eigenvalue weighted by Crippen LogP contribution is 2.47. The Balaban J connectivity index is 1.53. The van der Waals surface area contributed by atoms with Gasteiger partial charge in [-0.3, -0.25) is 9.59 Å². The number of allylic oxidation sites excluding steroid dienone is 2.